The average molecular weight is 213 g/mol. The van der Waals surface area contributed by atoms with Crippen molar-refractivity contribution in [3.63, 3.8) is 0 Å². The summed E-state index contributed by atoms with van der Waals surface area (Å²) in [6.45, 7) is 6.15. The summed E-state index contributed by atoms with van der Waals surface area (Å²) in [5.41, 5.74) is 3.12. The lowest BCUT2D eigenvalue weighted by molar-refractivity contribution is 0.572. The van der Waals surface area contributed by atoms with Crippen LogP contribution < -0.4 is 0 Å². The van der Waals surface area contributed by atoms with Crippen LogP contribution in [0, 0.1) is 5.82 Å². The maximum atomic E-state index is 13.2. The van der Waals surface area contributed by atoms with Crippen LogP contribution in [0.3, 0.4) is 0 Å². The maximum absolute atomic E-state index is 13.2. The molecule has 1 aromatic carbocycles. The lowest BCUT2D eigenvalue weighted by Gasteiger charge is -2.19. The summed E-state index contributed by atoms with van der Waals surface area (Å²) in [6.07, 6.45) is 1.68. The van der Waals surface area contributed by atoms with Crippen molar-refractivity contribution < 1.29 is 4.39 Å². The SMILES string of the molecule is CC(C)(C)c1cc(F)cc(/C=C/Cl)c1. The Balaban J connectivity index is 3.20. The molecule has 0 aromatic heterocycles. The first-order chi connectivity index (χ1) is 6.43. The lowest BCUT2D eigenvalue weighted by atomic mass is 9.86. The molecular weight excluding hydrogens is 199 g/mol. The lowest BCUT2D eigenvalue weighted by Crippen LogP contribution is -2.11. The number of hydrogen-bond donors (Lipinski definition) is 0. The molecule has 0 aliphatic carbocycles. The zero-order chi connectivity index (χ0) is 10.8. The molecule has 76 valence electrons. The third kappa shape index (κ3) is 2.85. The first-order valence-electron chi connectivity index (χ1n) is 4.51. The van der Waals surface area contributed by atoms with E-state index < -0.39 is 0 Å². The summed E-state index contributed by atoms with van der Waals surface area (Å²) < 4.78 is 13.2. The quantitative estimate of drug-likeness (QED) is 0.650. The second-order valence-corrected chi connectivity index (χ2v) is 4.57. The van der Waals surface area contributed by atoms with Gasteiger partial charge in [-0.2, -0.15) is 0 Å². The maximum Gasteiger partial charge on any atom is 0.124 e. The molecule has 0 heterocycles. The van der Waals surface area contributed by atoms with Crippen LogP contribution in [0.2, 0.25) is 0 Å². The van der Waals surface area contributed by atoms with E-state index >= 15 is 0 Å². The second-order valence-electron chi connectivity index (χ2n) is 4.32. The molecule has 0 amide bonds. The highest BCUT2D eigenvalue weighted by atomic mass is 35.5. The fourth-order valence-electron chi connectivity index (χ4n) is 1.21. The van der Waals surface area contributed by atoms with Gasteiger partial charge >= 0.3 is 0 Å². The molecule has 1 aromatic rings. The van der Waals surface area contributed by atoms with E-state index in [-0.39, 0.29) is 11.2 Å². The van der Waals surface area contributed by atoms with Gasteiger partial charge in [-0.25, -0.2) is 4.39 Å². The van der Waals surface area contributed by atoms with Gasteiger partial charge in [-0.15, -0.1) is 0 Å². The van der Waals surface area contributed by atoms with Crippen molar-refractivity contribution in [3.8, 4) is 0 Å². The fourth-order valence-corrected chi connectivity index (χ4v) is 1.36. The predicted molar refractivity (Wildman–Crippen MR) is 60.0 cm³/mol. The van der Waals surface area contributed by atoms with Gasteiger partial charge in [0, 0.05) is 5.54 Å². The van der Waals surface area contributed by atoms with Crippen molar-refractivity contribution in [2.45, 2.75) is 26.2 Å². The summed E-state index contributed by atoms with van der Waals surface area (Å²) in [7, 11) is 0. The molecule has 0 bridgehead atoms. The van der Waals surface area contributed by atoms with Crippen LogP contribution in [-0.2, 0) is 5.41 Å². The molecule has 0 atom stereocenters. The minimum absolute atomic E-state index is 0.0446. The van der Waals surface area contributed by atoms with Crippen LogP contribution in [-0.4, -0.2) is 0 Å². The third-order valence-electron chi connectivity index (χ3n) is 2.04. The van der Waals surface area contributed by atoms with Gasteiger partial charge in [0.1, 0.15) is 5.82 Å². The van der Waals surface area contributed by atoms with Gasteiger partial charge in [-0.1, -0.05) is 38.4 Å². The van der Waals surface area contributed by atoms with Crippen molar-refractivity contribution in [3.05, 3.63) is 40.7 Å². The van der Waals surface area contributed by atoms with Crippen LogP contribution in [0.1, 0.15) is 31.9 Å². The van der Waals surface area contributed by atoms with E-state index in [1.54, 1.807) is 12.1 Å². The topological polar surface area (TPSA) is 0 Å². The van der Waals surface area contributed by atoms with Crippen LogP contribution in [0.25, 0.3) is 6.08 Å². The van der Waals surface area contributed by atoms with Gasteiger partial charge in [0.2, 0.25) is 0 Å². The van der Waals surface area contributed by atoms with Crippen molar-refractivity contribution in [1.82, 2.24) is 0 Å². The Morgan fingerprint density at radius 2 is 1.86 bits per heavy atom. The van der Waals surface area contributed by atoms with Crippen LogP contribution in [0.15, 0.2) is 23.7 Å². The molecule has 2 heteroatoms. The van der Waals surface area contributed by atoms with Gasteiger partial charge < -0.3 is 0 Å². The zero-order valence-corrected chi connectivity index (χ0v) is 9.40. The van der Waals surface area contributed by atoms with Crippen molar-refractivity contribution in [1.29, 1.82) is 0 Å². The molecule has 14 heavy (non-hydrogen) atoms. The van der Waals surface area contributed by atoms with Crippen molar-refractivity contribution in [2.75, 3.05) is 0 Å². The Kier molecular flexibility index (Phi) is 3.33. The number of benzene rings is 1. The fraction of sp³-hybridized carbons (Fsp3) is 0.333. The van der Waals surface area contributed by atoms with E-state index in [0.29, 0.717) is 0 Å². The zero-order valence-electron chi connectivity index (χ0n) is 8.64. The highest BCUT2D eigenvalue weighted by Crippen LogP contribution is 2.24. The summed E-state index contributed by atoms with van der Waals surface area (Å²) in [4.78, 5) is 0. The van der Waals surface area contributed by atoms with Gasteiger partial charge in [0.25, 0.3) is 0 Å². The average Bonchev–Trinajstić information content (AvgIpc) is 2.02. The normalized spacial score (nSPS) is 12.4. The Labute approximate surface area is 89.4 Å². The van der Waals surface area contributed by atoms with E-state index in [0.717, 1.165) is 11.1 Å². The van der Waals surface area contributed by atoms with E-state index in [4.69, 9.17) is 11.6 Å². The molecular formula is C12H14ClF. The monoisotopic (exact) mass is 212 g/mol. The standard InChI is InChI=1S/C12H14ClF/c1-12(2,3)10-6-9(4-5-13)7-11(14)8-10/h4-8H,1-3H3/b5-4+. The number of hydrogen-bond acceptors (Lipinski definition) is 0. The largest absolute Gasteiger partial charge is 0.207 e. The van der Waals surface area contributed by atoms with E-state index in [1.807, 2.05) is 6.07 Å². The molecule has 1 rings (SSSR count). The second kappa shape index (κ2) is 4.14. The smallest absolute Gasteiger partial charge is 0.124 e. The Morgan fingerprint density at radius 3 is 2.36 bits per heavy atom. The molecule has 0 aliphatic rings. The van der Waals surface area contributed by atoms with Crippen LogP contribution in [0.4, 0.5) is 4.39 Å². The molecule has 0 saturated heterocycles. The molecule has 0 nitrogen and oxygen atoms in total. The Morgan fingerprint density at radius 1 is 1.21 bits per heavy atom. The minimum Gasteiger partial charge on any atom is -0.207 e. The highest BCUT2D eigenvalue weighted by molar-refractivity contribution is 6.27. The summed E-state index contributed by atoms with van der Waals surface area (Å²) in [5, 5.41) is 0. The molecule has 0 aliphatic heterocycles. The first-order valence-corrected chi connectivity index (χ1v) is 4.95. The summed E-state index contributed by atoms with van der Waals surface area (Å²) >= 11 is 5.45. The molecule has 0 fully saturated rings. The molecule has 0 unspecified atom stereocenters. The van der Waals surface area contributed by atoms with E-state index in [9.17, 15) is 4.39 Å². The van der Waals surface area contributed by atoms with E-state index in [2.05, 4.69) is 20.8 Å². The number of halogens is 2. The Hall–Kier alpha value is -0.820. The molecule has 0 spiro atoms. The van der Waals surface area contributed by atoms with Gasteiger partial charge in [0.15, 0.2) is 0 Å². The third-order valence-corrected chi connectivity index (χ3v) is 2.17. The van der Waals surface area contributed by atoms with Crippen LogP contribution in [0.5, 0.6) is 0 Å². The van der Waals surface area contributed by atoms with Gasteiger partial charge in [0.05, 0.1) is 0 Å². The molecule has 0 N–H and O–H groups in total. The Bertz CT molecular complexity index is 348. The summed E-state index contributed by atoms with van der Waals surface area (Å²) in [5.74, 6) is -0.220. The molecule has 0 radical (unpaired) electrons. The van der Waals surface area contributed by atoms with Gasteiger partial charge in [-0.3, -0.25) is 0 Å². The summed E-state index contributed by atoms with van der Waals surface area (Å²) in [6, 6.07) is 4.97. The van der Waals surface area contributed by atoms with Crippen molar-refractivity contribution in [2.24, 2.45) is 0 Å². The van der Waals surface area contributed by atoms with Crippen molar-refractivity contribution >= 4 is 17.7 Å². The predicted octanol–water partition coefficient (Wildman–Crippen LogP) is 4.33. The van der Waals surface area contributed by atoms with Gasteiger partial charge in [-0.05, 0) is 34.8 Å². The first kappa shape index (κ1) is 11.3. The minimum atomic E-state index is -0.220. The van der Waals surface area contributed by atoms with Crippen LogP contribution >= 0.6 is 11.6 Å². The molecule has 0 saturated carbocycles. The number of rotatable bonds is 1. The van der Waals surface area contributed by atoms with E-state index in [1.165, 1.54) is 11.6 Å². The highest BCUT2D eigenvalue weighted by Gasteiger charge is 2.14.